The fraction of sp³-hybridized carbons (Fsp3) is 0.200. The zero-order valence-corrected chi connectivity index (χ0v) is 19.9. The third-order valence-corrected chi connectivity index (χ3v) is 5.01. The maximum atomic E-state index is 13.4. The van der Waals surface area contributed by atoms with Crippen LogP contribution >= 0.6 is 15.9 Å². The van der Waals surface area contributed by atoms with Gasteiger partial charge in [0.2, 0.25) is 0 Å². The molecule has 0 saturated heterocycles. The third-order valence-electron chi connectivity index (χ3n) is 4.51. The van der Waals surface area contributed by atoms with E-state index in [4.69, 9.17) is 14.2 Å². The average Bonchev–Trinajstić information content (AvgIpc) is 2.82. The summed E-state index contributed by atoms with van der Waals surface area (Å²) >= 11 is 3.42. The molecule has 8 heteroatoms. The van der Waals surface area contributed by atoms with Crippen molar-refractivity contribution in [3.63, 3.8) is 0 Å². The molecule has 0 unspecified atom stereocenters. The van der Waals surface area contributed by atoms with Crippen molar-refractivity contribution in [2.75, 3.05) is 13.7 Å². The second kappa shape index (κ2) is 12.0. The highest BCUT2D eigenvalue weighted by Gasteiger charge is 2.11. The number of hydrogen-bond acceptors (Lipinski definition) is 5. The van der Waals surface area contributed by atoms with E-state index < -0.39 is 5.91 Å². The summed E-state index contributed by atoms with van der Waals surface area (Å²) in [6.07, 6.45) is 2.35. The molecule has 0 fully saturated rings. The Morgan fingerprint density at radius 3 is 2.64 bits per heavy atom. The number of ether oxygens (including phenoxy) is 3. The van der Waals surface area contributed by atoms with E-state index in [0.717, 1.165) is 10.9 Å². The number of rotatable bonds is 10. The number of carbonyl (C=O) groups is 1. The molecule has 3 aromatic carbocycles. The maximum absolute atomic E-state index is 13.4. The van der Waals surface area contributed by atoms with Gasteiger partial charge in [0.25, 0.3) is 5.91 Å². The summed E-state index contributed by atoms with van der Waals surface area (Å²) in [6, 6.07) is 16.5. The first-order valence-corrected chi connectivity index (χ1v) is 11.1. The maximum Gasteiger partial charge on any atom is 0.271 e. The molecular weight excluding hydrogens is 491 g/mol. The monoisotopic (exact) mass is 514 g/mol. The van der Waals surface area contributed by atoms with E-state index in [2.05, 4.69) is 26.5 Å². The van der Waals surface area contributed by atoms with Crippen LogP contribution in [0.5, 0.6) is 17.2 Å². The molecule has 0 aliphatic heterocycles. The van der Waals surface area contributed by atoms with E-state index in [-0.39, 0.29) is 12.4 Å². The number of methoxy groups -OCH3 is 1. The number of carbonyl (C=O) groups excluding carboxylic acids is 1. The van der Waals surface area contributed by atoms with Crippen LogP contribution in [0.4, 0.5) is 4.39 Å². The summed E-state index contributed by atoms with van der Waals surface area (Å²) in [6.45, 7) is 2.76. The van der Waals surface area contributed by atoms with Crippen molar-refractivity contribution in [2.45, 2.75) is 20.0 Å². The summed E-state index contributed by atoms with van der Waals surface area (Å²) in [4.78, 5) is 12.5. The normalized spacial score (nSPS) is 10.8. The molecule has 1 amide bonds. The molecule has 0 radical (unpaired) electrons. The van der Waals surface area contributed by atoms with Gasteiger partial charge in [0.1, 0.15) is 18.2 Å². The molecule has 33 heavy (non-hydrogen) atoms. The smallest absolute Gasteiger partial charge is 0.271 e. The molecule has 0 bridgehead atoms. The van der Waals surface area contributed by atoms with Gasteiger partial charge in [-0.3, -0.25) is 4.79 Å². The molecule has 0 aliphatic carbocycles. The van der Waals surface area contributed by atoms with Gasteiger partial charge in [-0.15, -0.1) is 0 Å². The van der Waals surface area contributed by atoms with Crippen molar-refractivity contribution >= 4 is 28.1 Å². The van der Waals surface area contributed by atoms with E-state index in [1.54, 1.807) is 42.5 Å². The zero-order valence-electron chi connectivity index (χ0n) is 18.3. The Labute approximate surface area is 200 Å². The van der Waals surface area contributed by atoms with Crippen LogP contribution < -0.4 is 19.6 Å². The molecule has 1 N–H and O–H groups in total. The minimum absolute atomic E-state index is 0.193. The highest BCUT2D eigenvalue weighted by Crippen LogP contribution is 2.28. The standard InChI is InChI=1S/C25H24BrFN2O4/c1-3-11-32-23-9-7-18(14-24(23)31-2)25(30)29-28-15-19-13-20(26)8-10-22(19)33-16-17-5-4-6-21(27)12-17/h4-10,12-15H,3,11,16H2,1-2H3,(H,29,30)/b28-15+. The van der Waals surface area contributed by atoms with Gasteiger partial charge < -0.3 is 14.2 Å². The quantitative estimate of drug-likeness (QED) is 0.277. The minimum Gasteiger partial charge on any atom is -0.493 e. The van der Waals surface area contributed by atoms with Gasteiger partial charge in [-0.1, -0.05) is 35.0 Å². The van der Waals surface area contributed by atoms with Crippen LogP contribution in [0.25, 0.3) is 0 Å². The first kappa shape index (κ1) is 24.3. The van der Waals surface area contributed by atoms with Crippen molar-refractivity contribution in [2.24, 2.45) is 5.10 Å². The number of nitrogens with one attached hydrogen (secondary N) is 1. The molecule has 0 aliphatic rings. The van der Waals surface area contributed by atoms with Crippen LogP contribution in [0.1, 0.15) is 34.8 Å². The van der Waals surface area contributed by atoms with Gasteiger partial charge >= 0.3 is 0 Å². The third kappa shape index (κ3) is 7.05. The number of amides is 1. The van der Waals surface area contributed by atoms with Crippen molar-refractivity contribution < 1.29 is 23.4 Å². The number of benzene rings is 3. The van der Waals surface area contributed by atoms with Gasteiger partial charge in [-0.2, -0.15) is 5.10 Å². The van der Waals surface area contributed by atoms with Crippen LogP contribution in [0.15, 0.2) is 70.2 Å². The summed E-state index contributed by atoms with van der Waals surface area (Å²) < 4.78 is 31.0. The second-order valence-corrected chi connectivity index (χ2v) is 7.93. The van der Waals surface area contributed by atoms with Crippen molar-refractivity contribution in [1.29, 1.82) is 0 Å². The summed E-state index contributed by atoms with van der Waals surface area (Å²) in [5, 5.41) is 4.06. The fourth-order valence-corrected chi connectivity index (χ4v) is 3.28. The van der Waals surface area contributed by atoms with E-state index in [9.17, 15) is 9.18 Å². The SMILES string of the molecule is CCCOc1ccc(C(=O)N/N=C/c2cc(Br)ccc2OCc2cccc(F)c2)cc1OC. The lowest BCUT2D eigenvalue weighted by Crippen LogP contribution is -2.17. The molecule has 0 saturated carbocycles. The Balaban J connectivity index is 1.68. The highest BCUT2D eigenvalue weighted by molar-refractivity contribution is 9.10. The van der Waals surface area contributed by atoms with Crippen LogP contribution in [0, 0.1) is 5.82 Å². The second-order valence-electron chi connectivity index (χ2n) is 7.01. The minimum atomic E-state index is -0.399. The molecule has 3 aromatic rings. The Hall–Kier alpha value is -3.39. The average molecular weight is 515 g/mol. The van der Waals surface area contributed by atoms with Crippen LogP contribution in [0.2, 0.25) is 0 Å². The summed E-state index contributed by atoms with van der Waals surface area (Å²) in [5.74, 6) is 0.870. The van der Waals surface area contributed by atoms with Crippen molar-refractivity contribution in [3.8, 4) is 17.2 Å². The van der Waals surface area contributed by atoms with Crippen molar-refractivity contribution in [3.05, 3.63) is 87.6 Å². The Morgan fingerprint density at radius 2 is 1.88 bits per heavy atom. The molecule has 3 rings (SSSR count). The van der Waals surface area contributed by atoms with Crippen molar-refractivity contribution in [1.82, 2.24) is 5.43 Å². The Kier molecular flexibility index (Phi) is 8.83. The number of halogens is 2. The lowest BCUT2D eigenvalue weighted by atomic mass is 10.2. The van der Waals surface area contributed by atoms with Gasteiger partial charge in [-0.05, 0) is 60.5 Å². The van der Waals surface area contributed by atoms with E-state index in [1.807, 2.05) is 13.0 Å². The highest BCUT2D eigenvalue weighted by atomic mass is 79.9. The molecule has 0 atom stereocenters. The Bertz CT molecular complexity index is 1140. The van der Waals surface area contributed by atoms with E-state index in [0.29, 0.717) is 40.5 Å². The van der Waals surface area contributed by atoms with Gasteiger partial charge in [-0.25, -0.2) is 9.82 Å². The van der Waals surface area contributed by atoms with E-state index >= 15 is 0 Å². The number of hydrogen-bond donors (Lipinski definition) is 1. The van der Waals surface area contributed by atoms with E-state index in [1.165, 1.54) is 25.5 Å². The molecule has 172 valence electrons. The molecular formula is C25H24BrFN2O4. The topological polar surface area (TPSA) is 69.2 Å². The molecule has 0 heterocycles. The Morgan fingerprint density at radius 1 is 1.06 bits per heavy atom. The predicted molar refractivity (Wildman–Crippen MR) is 129 cm³/mol. The van der Waals surface area contributed by atoms with Gasteiger partial charge in [0.05, 0.1) is 19.9 Å². The first-order valence-electron chi connectivity index (χ1n) is 10.3. The summed E-state index contributed by atoms with van der Waals surface area (Å²) in [5.41, 5.74) is 4.23. The zero-order chi connectivity index (χ0) is 23.6. The largest absolute Gasteiger partial charge is 0.493 e. The van der Waals surface area contributed by atoms with Crippen LogP contribution in [0.3, 0.4) is 0 Å². The fourth-order valence-electron chi connectivity index (χ4n) is 2.90. The molecule has 0 spiro atoms. The van der Waals surface area contributed by atoms with Gasteiger partial charge in [0, 0.05) is 15.6 Å². The molecule has 6 nitrogen and oxygen atoms in total. The van der Waals surface area contributed by atoms with Crippen LogP contribution in [-0.2, 0) is 6.61 Å². The lowest BCUT2D eigenvalue weighted by molar-refractivity contribution is 0.0954. The number of hydrazone groups is 1. The first-order chi connectivity index (χ1) is 16.0. The van der Waals surface area contributed by atoms with Crippen LogP contribution in [-0.4, -0.2) is 25.8 Å². The van der Waals surface area contributed by atoms with Gasteiger partial charge in [0.15, 0.2) is 11.5 Å². The summed E-state index contributed by atoms with van der Waals surface area (Å²) in [7, 11) is 1.52. The lowest BCUT2D eigenvalue weighted by Gasteiger charge is -2.11. The molecule has 0 aromatic heterocycles. The predicted octanol–water partition coefficient (Wildman–Crippen LogP) is 5.73. The number of nitrogens with zero attached hydrogens (tertiary/aromatic N) is 1.